The average Bonchev–Trinajstić information content (AvgIpc) is 3.02. The van der Waals surface area contributed by atoms with Gasteiger partial charge in [0.15, 0.2) is 0 Å². The average molecular weight is 330 g/mol. The molecule has 4 rings (SSSR count). The number of hydrogen-bond donors (Lipinski definition) is 1. The molecule has 25 heavy (non-hydrogen) atoms. The number of hydrogen-bond acceptors (Lipinski definition) is 4. The first-order chi connectivity index (χ1) is 12.1. The van der Waals surface area contributed by atoms with E-state index in [0.29, 0.717) is 0 Å². The minimum Gasteiger partial charge on any atom is -0.340 e. The van der Waals surface area contributed by atoms with Crippen LogP contribution in [-0.2, 0) is 6.42 Å². The summed E-state index contributed by atoms with van der Waals surface area (Å²) in [6, 6.07) is 16.9. The van der Waals surface area contributed by atoms with Crippen molar-refractivity contribution in [3.05, 3.63) is 71.0 Å². The van der Waals surface area contributed by atoms with Crippen molar-refractivity contribution in [3.8, 4) is 0 Å². The molecule has 2 heterocycles. The Hall–Kier alpha value is -2.88. The molecule has 1 aliphatic rings. The van der Waals surface area contributed by atoms with Crippen LogP contribution >= 0.6 is 0 Å². The number of para-hydroxylation sites is 1. The highest BCUT2D eigenvalue weighted by molar-refractivity contribution is 5.70. The van der Waals surface area contributed by atoms with Crippen LogP contribution in [0.1, 0.15) is 22.5 Å². The zero-order valence-corrected chi connectivity index (χ0v) is 14.9. The highest BCUT2D eigenvalue weighted by atomic mass is 15.2. The monoisotopic (exact) mass is 330 g/mol. The summed E-state index contributed by atoms with van der Waals surface area (Å²) in [6.07, 6.45) is 1.05. The van der Waals surface area contributed by atoms with Crippen LogP contribution in [0.5, 0.6) is 0 Å². The van der Waals surface area contributed by atoms with E-state index >= 15 is 0 Å². The number of aryl methyl sites for hydroxylation is 3. The summed E-state index contributed by atoms with van der Waals surface area (Å²) in [6.45, 7) is 7.14. The zero-order chi connectivity index (χ0) is 17.4. The van der Waals surface area contributed by atoms with Crippen LogP contribution in [0.2, 0.25) is 0 Å². The number of aromatic nitrogens is 2. The summed E-state index contributed by atoms with van der Waals surface area (Å²) in [4.78, 5) is 11.5. The summed E-state index contributed by atoms with van der Waals surface area (Å²) in [5.41, 5.74) is 6.23. The van der Waals surface area contributed by atoms with Gasteiger partial charge in [-0.2, -0.15) is 0 Å². The third kappa shape index (κ3) is 3.07. The second-order valence-electron chi connectivity index (χ2n) is 6.61. The SMILES string of the molecule is Cc1nc(Nc2ccc(C)c(C)c2)cc(N2CCc3ccccc32)n1. The Labute approximate surface area is 148 Å². The molecule has 0 aliphatic carbocycles. The smallest absolute Gasteiger partial charge is 0.138 e. The van der Waals surface area contributed by atoms with Gasteiger partial charge in [-0.1, -0.05) is 24.3 Å². The molecule has 1 aromatic heterocycles. The van der Waals surface area contributed by atoms with E-state index in [-0.39, 0.29) is 0 Å². The van der Waals surface area contributed by atoms with Crippen molar-refractivity contribution >= 4 is 23.0 Å². The first kappa shape index (κ1) is 15.6. The quantitative estimate of drug-likeness (QED) is 0.746. The van der Waals surface area contributed by atoms with Crippen LogP contribution in [0.3, 0.4) is 0 Å². The van der Waals surface area contributed by atoms with E-state index in [1.807, 2.05) is 13.0 Å². The number of fused-ring (bicyclic) bond motifs is 1. The molecular formula is C21H22N4. The molecule has 0 saturated carbocycles. The Morgan fingerprint density at radius 2 is 1.76 bits per heavy atom. The van der Waals surface area contributed by atoms with E-state index in [9.17, 15) is 0 Å². The van der Waals surface area contributed by atoms with Gasteiger partial charge in [0, 0.05) is 24.0 Å². The molecule has 2 aromatic carbocycles. The maximum Gasteiger partial charge on any atom is 0.138 e. The number of benzene rings is 2. The van der Waals surface area contributed by atoms with Gasteiger partial charge in [0.1, 0.15) is 17.5 Å². The molecule has 0 fully saturated rings. The molecule has 0 saturated heterocycles. The zero-order valence-electron chi connectivity index (χ0n) is 14.9. The Kier molecular flexibility index (Phi) is 3.88. The van der Waals surface area contributed by atoms with E-state index in [1.54, 1.807) is 0 Å². The molecule has 0 unspecified atom stereocenters. The van der Waals surface area contributed by atoms with Crippen molar-refractivity contribution in [3.63, 3.8) is 0 Å². The molecule has 4 nitrogen and oxygen atoms in total. The maximum absolute atomic E-state index is 4.66. The van der Waals surface area contributed by atoms with Gasteiger partial charge in [-0.05, 0) is 62.1 Å². The van der Waals surface area contributed by atoms with Crippen molar-refractivity contribution in [2.45, 2.75) is 27.2 Å². The summed E-state index contributed by atoms with van der Waals surface area (Å²) < 4.78 is 0. The standard InChI is InChI=1S/C21H22N4/c1-14-8-9-18(12-15(14)2)24-20-13-21(23-16(3)22-20)25-11-10-17-6-4-5-7-19(17)25/h4-9,12-13H,10-11H2,1-3H3,(H,22,23,24). The van der Waals surface area contributed by atoms with Gasteiger partial charge in [-0.25, -0.2) is 9.97 Å². The van der Waals surface area contributed by atoms with Crippen molar-refractivity contribution in [2.75, 3.05) is 16.8 Å². The van der Waals surface area contributed by atoms with Crippen LogP contribution in [0.15, 0.2) is 48.5 Å². The van der Waals surface area contributed by atoms with Crippen LogP contribution in [0.4, 0.5) is 23.0 Å². The lowest BCUT2D eigenvalue weighted by atomic mass is 10.1. The second kappa shape index (κ2) is 6.20. The predicted octanol–water partition coefficient (Wildman–Crippen LogP) is 4.84. The molecule has 0 spiro atoms. The van der Waals surface area contributed by atoms with Gasteiger partial charge in [0.25, 0.3) is 0 Å². The first-order valence-corrected chi connectivity index (χ1v) is 8.65. The third-order valence-electron chi connectivity index (χ3n) is 4.77. The van der Waals surface area contributed by atoms with Gasteiger partial charge in [-0.3, -0.25) is 0 Å². The van der Waals surface area contributed by atoms with E-state index in [1.165, 1.54) is 22.4 Å². The number of rotatable bonds is 3. The van der Waals surface area contributed by atoms with E-state index < -0.39 is 0 Å². The maximum atomic E-state index is 4.66. The van der Waals surface area contributed by atoms with Gasteiger partial charge in [0.05, 0.1) is 0 Å². The molecule has 4 heteroatoms. The van der Waals surface area contributed by atoms with Gasteiger partial charge < -0.3 is 10.2 Å². The Morgan fingerprint density at radius 3 is 2.60 bits per heavy atom. The van der Waals surface area contributed by atoms with Gasteiger partial charge >= 0.3 is 0 Å². The topological polar surface area (TPSA) is 41.1 Å². The van der Waals surface area contributed by atoms with Gasteiger partial charge in [0.2, 0.25) is 0 Å². The Bertz CT molecular complexity index is 933. The molecule has 0 bridgehead atoms. The summed E-state index contributed by atoms with van der Waals surface area (Å²) in [5, 5.41) is 3.42. The minimum absolute atomic E-state index is 0.771. The molecule has 0 atom stereocenters. The molecular weight excluding hydrogens is 308 g/mol. The van der Waals surface area contributed by atoms with E-state index in [2.05, 4.69) is 76.5 Å². The van der Waals surface area contributed by atoms with Crippen molar-refractivity contribution in [1.82, 2.24) is 9.97 Å². The molecule has 0 amide bonds. The van der Waals surface area contributed by atoms with Crippen molar-refractivity contribution in [1.29, 1.82) is 0 Å². The second-order valence-corrected chi connectivity index (χ2v) is 6.61. The fourth-order valence-corrected chi connectivity index (χ4v) is 3.30. The van der Waals surface area contributed by atoms with E-state index in [0.717, 1.165) is 36.1 Å². The van der Waals surface area contributed by atoms with Crippen LogP contribution < -0.4 is 10.2 Å². The third-order valence-corrected chi connectivity index (χ3v) is 4.77. The Morgan fingerprint density at radius 1 is 0.920 bits per heavy atom. The summed E-state index contributed by atoms with van der Waals surface area (Å²) in [7, 11) is 0. The summed E-state index contributed by atoms with van der Waals surface area (Å²) >= 11 is 0. The van der Waals surface area contributed by atoms with Crippen molar-refractivity contribution < 1.29 is 0 Å². The normalized spacial score (nSPS) is 13.0. The fourth-order valence-electron chi connectivity index (χ4n) is 3.30. The molecule has 3 aromatic rings. The number of nitrogens with zero attached hydrogens (tertiary/aromatic N) is 3. The lowest BCUT2D eigenvalue weighted by molar-refractivity contribution is 0.946. The summed E-state index contributed by atoms with van der Waals surface area (Å²) in [5.74, 6) is 2.55. The number of nitrogens with one attached hydrogen (secondary N) is 1. The Balaban J connectivity index is 1.66. The van der Waals surface area contributed by atoms with Crippen molar-refractivity contribution in [2.24, 2.45) is 0 Å². The van der Waals surface area contributed by atoms with Crippen LogP contribution in [0, 0.1) is 20.8 Å². The molecule has 126 valence electrons. The predicted molar refractivity (Wildman–Crippen MR) is 103 cm³/mol. The highest BCUT2D eigenvalue weighted by Gasteiger charge is 2.21. The number of anilines is 4. The minimum atomic E-state index is 0.771. The van der Waals surface area contributed by atoms with Crippen LogP contribution in [-0.4, -0.2) is 16.5 Å². The lowest BCUT2D eigenvalue weighted by Crippen LogP contribution is -2.16. The van der Waals surface area contributed by atoms with Crippen LogP contribution in [0.25, 0.3) is 0 Å². The molecule has 1 aliphatic heterocycles. The fraction of sp³-hybridized carbons (Fsp3) is 0.238. The largest absolute Gasteiger partial charge is 0.340 e. The molecule has 0 radical (unpaired) electrons. The first-order valence-electron chi connectivity index (χ1n) is 8.65. The lowest BCUT2D eigenvalue weighted by Gasteiger charge is -2.19. The highest BCUT2D eigenvalue weighted by Crippen LogP contribution is 2.34. The molecule has 1 N–H and O–H groups in total. The van der Waals surface area contributed by atoms with E-state index in [4.69, 9.17) is 0 Å². The van der Waals surface area contributed by atoms with Gasteiger partial charge in [-0.15, -0.1) is 0 Å².